The zero-order valence-electron chi connectivity index (χ0n) is 9.81. The van der Waals surface area contributed by atoms with E-state index < -0.39 is 0 Å². The van der Waals surface area contributed by atoms with Crippen molar-refractivity contribution in [2.24, 2.45) is 4.99 Å². The summed E-state index contributed by atoms with van der Waals surface area (Å²) in [5.74, 6) is 0.918. The maximum atomic E-state index is 5.71. The molecule has 2 heteroatoms. The molecule has 16 heavy (non-hydrogen) atoms. The lowest BCUT2D eigenvalue weighted by Gasteiger charge is -2.08. The van der Waals surface area contributed by atoms with E-state index in [4.69, 9.17) is 4.74 Å². The quantitative estimate of drug-likeness (QED) is 0.544. The summed E-state index contributed by atoms with van der Waals surface area (Å²) >= 11 is 0. The van der Waals surface area contributed by atoms with Gasteiger partial charge in [0, 0.05) is 6.20 Å². The first-order chi connectivity index (χ1) is 7.77. The minimum absolute atomic E-state index is 0.549. The Kier molecular flexibility index (Phi) is 5.06. The van der Waals surface area contributed by atoms with Crippen molar-refractivity contribution in [3.8, 4) is 5.75 Å². The molecule has 0 aliphatic carbocycles. The number of aryl methyl sites for hydroxylation is 1. The van der Waals surface area contributed by atoms with E-state index in [1.54, 1.807) is 6.20 Å². The molecule has 1 aromatic rings. The van der Waals surface area contributed by atoms with Crippen molar-refractivity contribution in [3.05, 3.63) is 53.8 Å². The Morgan fingerprint density at radius 3 is 2.81 bits per heavy atom. The van der Waals surface area contributed by atoms with E-state index in [1.807, 2.05) is 50.3 Å². The number of nitrogens with zero attached hydrogens (tertiary/aromatic N) is 1. The van der Waals surface area contributed by atoms with Crippen molar-refractivity contribution in [2.75, 3.05) is 6.61 Å². The summed E-state index contributed by atoms with van der Waals surface area (Å²) in [6, 6.07) is 7.98. The average molecular weight is 215 g/mol. The molecule has 0 aliphatic heterocycles. The van der Waals surface area contributed by atoms with Gasteiger partial charge in [0.1, 0.15) is 12.4 Å². The van der Waals surface area contributed by atoms with Crippen LogP contribution in [-0.2, 0) is 0 Å². The van der Waals surface area contributed by atoms with Crippen LogP contribution in [0.1, 0.15) is 12.5 Å². The molecule has 1 rings (SSSR count). The van der Waals surface area contributed by atoms with Crippen LogP contribution < -0.4 is 4.74 Å². The second kappa shape index (κ2) is 6.62. The maximum Gasteiger partial charge on any atom is 0.122 e. The molecule has 0 saturated carbocycles. The molecular formula is C14H17NO. The molecule has 0 saturated heterocycles. The third-order valence-electron chi connectivity index (χ3n) is 2.25. The Labute approximate surface area is 97.0 Å². The van der Waals surface area contributed by atoms with Crippen molar-refractivity contribution < 1.29 is 4.74 Å². The van der Waals surface area contributed by atoms with Gasteiger partial charge in [0.2, 0.25) is 0 Å². The van der Waals surface area contributed by atoms with E-state index in [0.717, 1.165) is 16.9 Å². The number of allylic oxidation sites excluding steroid dienone is 1. The molecule has 0 unspecified atom stereocenters. The normalized spacial score (nSPS) is 11.8. The molecule has 1 aromatic carbocycles. The summed E-state index contributed by atoms with van der Waals surface area (Å²) in [6.07, 6.45) is 5.56. The van der Waals surface area contributed by atoms with Crippen molar-refractivity contribution >= 4 is 6.72 Å². The molecule has 2 nitrogen and oxygen atoms in total. The van der Waals surface area contributed by atoms with Crippen LogP contribution in [0.5, 0.6) is 5.75 Å². The Morgan fingerprint density at radius 2 is 2.19 bits per heavy atom. The first-order valence-electron chi connectivity index (χ1n) is 5.24. The molecule has 0 spiro atoms. The lowest BCUT2D eigenvalue weighted by Crippen LogP contribution is -2.00. The van der Waals surface area contributed by atoms with Gasteiger partial charge in [0.15, 0.2) is 0 Å². The van der Waals surface area contributed by atoms with Crippen LogP contribution in [0.2, 0.25) is 0 Å². The molecule has 84 valence electrons. The predicted octanol–water partition coefficient (Wildman–Crippen LogP) is 3.53. The molecule has 0 radical (unpaired) electrons. The van der Waals surface area contributed by atoms with Gasteiger partial charge in [-0.25, -0.2) is 0 Å². The molecule has 0 N–H and O–H groups in total. The zero-order valence-corrected chi connectivity index (χ0v) is 9.81. The third kappa shape index (κ3) is 3.73. The molecule has 0 aliphatic rings. The van der Waals surface area contributed by atoms with Gasteiger partial charge in [-0.15, -0.1) is 0 Å². The summed E-state index contributed by atoms with van der Waals surface area (Å²) < 4.78 is 5.71. The van der Waals surface area contributed by atoms with Gasteiger partial charge in [0.25, 0.3) is 0 Å². The minimum Gasteiger partial charge on any atom is -0.489 e. The third-order valence-corrected chi connectivity index (χ3v) is 2.25. The molecule has 0 amide bonds. The Balaban J connectivity index is 2.60. The number of aliphatic imine (C=N–C) groups is 1. The van der Waals surface area contributed by atoms with Gasteiger partial charge in [-0.2, -0.15) is 0 Å². The SMILES string of the molecule is C=N/C=C\C(=C/C)COc1ccccc1C. The lowest BCUT2D eigenvalue weighted by molar-refractivity contribution is 0.353. The fourth-order valence-corrected chi connectivity index (χ4v) is 1.26. The maximum absolute atomic E-state index is 5.71. The summed E-state index contributed by atoms with van der Waals surface area (Å²) in [4.78, 5) is 3.67. The smallest absolute Gasteiger partial charge is 0.122 e. The van der Waals surface area contributed by atoms with Gasteiger partial charge in [-0.1, -0.05) is 24.3 Å². The summed E-state index contributed by atoms with van der Waals surface area (Å²) in [5, 5.41) is 0. The highest BCUT2D eigenvalue weighted by atomic mass is 16.5. The predicted molar refractivity (Wildman–Crippen MR) is 69.1 cm³/mol. The van der Waals surface area contributed by atoms with Crippen LogP contribution in [0, 0.1) is 6.92 Å². The molecule has 0 bridgehead atoms. The van der Waals surface area contributed by atoms with Crippen molar-refractivity contribution in [3.63, 3.8) is 0 Å². The van der Waals surface area contributed by atoms with Crippen molar-refractivity contribution in [1.82, 2.24) is 0 Å². The molecule has 0 aromatic heterocycles. The van der Waals surface area contributed by atoms with Crippen LogP contribution in [0.3, 0.4) is 0 Å². The molecule has 0 fully saturated rings. The van der Waals surface area contributed by atoms with E-state index in [2.05, 4.69) is 11.7 Å². The number of para-hydroxylation sites is 1. The number of benzene rings is 1. The fourth-order valence-electron chi connectivity index (χ4n) is 1.26. The topological polar surface area (TPSA) is 21.6 Å². The van der Waals surface area contributed by atoms with Gasteiger partial charge < -0.3 is 4.74 Å². The number of ether oxygens (including phenoxy) is 1. The van der Waals surface area contributed by atoms with Gasteiger partial charge in [0.05, 0.1) is 0 Å². The number of rotatable bonds is 5. The van der Waals surface area contributed by atoms with Crippen molar-refractivity contribution in [1.29, 1.82) is 0 Å². The largest absolute Gasteiger partial charge is 0.489 e. The highest BCUT2D eigenvalue weighted by molar-refractivity contribution is 5.33. The molecular weight excluding hydrogens is 198 g/mol. The monoisotopic (exact) mass is 215 g/mol. The second-order valence-electron chi connectivity index (χ2n) is 3.42. The van der Waals surface area contributed by atoms with Gasteiger partial charge in [-0.3, -0.25) is 4.99 Å². The number of hydrogen-bond acceptors (Lipinski definition) is 2. The van der Waals surface area contributed by atoms with E-state index in [-0.39, 0.29) is 0 Å². The first kappa shape index (κ1) is 12.2. The van der Waals surface area contributed by atoms with E-state index in [9.17, 15) is 0 Å². The second-order valence-corrected chi connectivity index (χ2v) is 3.42. The van der Waals surface area contributed by atoms with Crippen LogP contribution in [0.15, 0.2) is 53.2 Å². The summed E-state index contributed by atoms with van der Waals surface area (Å²) in [7, 11) is 0. The van der Waals surface area contributed by atoms with Crippen LogP contribution in [-0.4, -0.2) is 13.3 Å². The average Bonchev–Trinajstić information content (AvgIpc) is 2.31. The Bertz CT molecular complexity index is 405. The van der Waals surface area contributed by atoms with Crippen LogP contribution in [0.4, 0.5) is 0 Å². The molecule has 0 atom stereocenters. The van der Waals surface area contributed by atoms with E-state index in [0.29, 0.717) is 6.61 Å². The summed E-state index contributed by atoms with van der Waals surface area (Å²) in [5.41, 5.74) is 2.22. The summed E-state index contributed by atoms with van der Waals surface area (Å²) in [6.45, 7) is 7.95. The highest BCUT2D eigenvalue weighted by Gasteiger charge is 1.98. The molecule has 0 heterocycles. The zero-order chi connectivity index (χ0) is 11.8. The van der Waals surface area contributed by atoms with Gasteiger partial charge in [-0.05, 0) is 43.8 Å². The van der Waals surface area contributed by atoms with Gasteiger partial charge >= 0.3 is 0 Å². The van der Waals surface area contributed by atoms with Crippen LogP contribution >= 0.6 is 0 Å². The first-order valence-corrected chi connectivity index (χ1v) is 5.24. The van der Waals surface area contributed by atoms with Crippen molar-refractivity contribution in [2.45, 2.75) is 13.8 Å². The van der Waals surface area contributed by atoms with E-state index in [1.165, 1.54) is 0 Å². The standard InChI is InChI=1S/C14H17NO/c1-4-13(9-10-15-3)11-16-14-8-6-5-7-12(14)2/h4-10H,3,11H2,1-2H3/b10-9-,13-4+. The Hall–Kier alpha value is -1.83. The number of hydrogen-bond donors (Lipinski definition) is 0. The fraction of sp³-hybridized carbons (Fsp3) is 0.214. The minimum atomic E-state index is 0.549. The van der Waals surface area contributed by atoms with E-state index >= 15 is 0 Å². The Morgan fingerprint density at radius 1 is 1.44 bits per heavy atom. The van der Waals surface area contributed by atoms with Crippen LogP contribution in [0.25, 0.3) is 0 Å². The highest BCUT2D eigenvalue weighted by Crippen LogP contribution is 2.17. The lowest BCUT2D eigenvalue weighted by atomic mass is 10.2.